The monoisotopic (exact) mass is 269 g/mol. The van der Waals surface area contributed by atoms with Crippen LogP contribution in [0.15, 0.2) is 35.3 Å². The summed E-state index contributed by atoms with van der Waals surface area (Å²) >= 11 is 0. The molecule has 0 bridgehead atoms. The van der Waals surface area contributed by atoms with Crippen LogP contribution < -0.4 is 11.4 Å². The van der Waals surface area contributed by atoms with Crippen molar-refractivity contribution in [2.75, 3.05) is 0 Å². The molecule has 6 nitrogen and oxygen atoms in total. The van der Waals surface area contributed by atoms with Gasteiger partial charge in [-0.1, -0.05) is 6.07 Å². The van der Waals surface area contributed by atoms with E-state index in [9.17, 15) is 4.79 Å². The lowest BCUT2D eigenvalue weighted by Gasteiger charge is -2.06. The summed E-state index contributed by atoms with van der Waals surface area (Å²) in [5, 5.41) is 0. The second kappa shape index (κ2) is 4.90. The minimum Gasteiger partial charge on any atom is -0.328 e. The molecule has 4 N–H and O–H groups in total. The van der Waals surface area contributed by atoms with Gasteiger partial charge in [-0.3, -0.25) is 0 Å². The van der Waals surface area contributed by atoms with E-state index in [4.69, 9.17) is 5.73 Å². The van der Waals surface area contributed by atoms with Crippen molar-refractivity contribution in [1.82, 2.24) is 19.9 Å². The maximum atomic E-state index is 11.3. The van der Waals surface area contributed by atoms with Crippen LogP contribution in [0.1, 0.15) is 12.7 Å². The molecule has 0 aliphatic heterocycles. The van der Waals surface area contributed by atoms with E-state index in [1.807, 2.05) is 31.2 Å². The molecule has 1 atom stereocenters. The van der Waals surface area contributed by atoms with Crippen LogP contribution in [-0.4, -0.2) is 26.0 Å². The van der Waals surface area contributed by atoms with Gasteiger partial charge in [-0.05, 0) is 25.1 Å². The molecule has 0 saturated heterocycles. The predicted octanol–water partition coefficient (Wildman–Crippen LogP) is 1.20. The van der Waals surface area contributed by atoms with E-state index in [1.54, 1.807) is 6.20 Å². The average molecular weight is 269 g/mol. The number of nitrogens with two attached hydrogens (primary N) is 1. The van der Waals surface area contributed by atoms with Crippen molar-refractivity contribution in [1.29, 1.82) is 0 Å². The van der Waals surface area contributed by atoms with Crippen molar-refractivity contribution in [2.45, 2.75) is 19.4 Å². The normalized spacial score (nSPS) is 12.7. The van der Waals surface area contributed by atoms with Crippen LogP contribution in [0.25, 0.3) is 22.3 Å². The number of benzene rings is 1. The molecule has 0 radical (unpaired) electrons. The number of aromatic amines is 2. The van der Waals surface area contributed by atoms with Gasteiger partial charge in [0.1, 0.15) is 5.82 Å². The third kappa shape index (κ3) is 2.46. The molecule has 102 valence electrons. The fourth-order valence-corrected chi connectivity index (χ4v) is 2.14. The van der Waals surface area contributed by atoms with Crippen molar-refractivity contribution in [3.05, 3.63) is 46.8 Å². The molecule has 2 aromatic heterocycles. The van der Waals surface area contributed by atoms with Crippen molar-refractivity contribution >= 4 is 11.0 Å². The number of hydrogen-bond acceptors (Lipinski definition) is 4. The van der Waals surface area contributed by atoms with Gasteiger partial charge < -0.3 is 15.7 Å². The Morgan fingerprint density at radius 1 is 1.25 bits per heavy atom. The molecule has 0 aliphatic carbocycles. The molecule has 0 fully saturated rings. The molecule has 6 heteroatoms. The Morgan fingerprint density at radius 3 is 2.85 bits per heavy atom. The Labute approximate surface area is 115 Å². The Kier molecular flexibility index (Phi) is 3.08. The summed E-state index contributed by atoms with van der Waals surface area (Å²) in [6.45, 7) is 1.92. The van der Waals surface area contributed by atoms with E-state index in [1.165, 1.54) is 0 Å². The minimum absolute atomic E-state index is 0.0220. The van der Waals surface area contributed by atoms with E-state index < -0.39 is 0 Å². The molecule has 0 aliphatic rings. The lowest BCUT2D eigenvalue weighted by Crippen LogP contribution is -2.19. The van der Waals surface area contributed by atoms with Gasteiger partial charge >= 0.3 is 5.69 Å². The molecule has 1 aromatic carbocycles. The van der Waals surface area contributed by atoms with Gasteiger partial charge in [0, 0.05) is 24.2 Å². The second-order valence-corrected chi connectivity index (χ2v) is 4.88. The zero-order valence-corrected chi connectivity index (χ0v) is 11.1. The standard InChI is InChI=1S/C14H15N5O/c1-8(15)6-13-16-5-4-10(17-13)9-2-3-11-12(7-9)19-14(20)18-11/h2-5,7-8H,6,15H2,1H3,(H2,18,19,20). The number of hydrogen-bond donors (Lipinski definition) is 3. The fraction of sp³-hybridized carbons (Fsp3) is 0.214. The summed E-state index contributed by atoms with van der Waals surface area (Å²) in [6.07, 6.45) is 2.36. The summed E-state index contributed by atoms with van der Waals surface area (Å²) < 4.78 is 0. The third-order valence-electron chi connectivity index (χ3n) is 3.02. The highest BCUT2D eigenvalue weighted by Gasteiger charge is 2.06. The lowest BCUT2D eigenvalue weighted by atomic mass is 10.1. The van der Waals surface area contributed by atoms with Crippen molar-refractivity contribution in [3.63, 3.8) is 0 Å². The molecular formula is C14H15N5O. The molecular weight excluding hydrogens is 254 g/mol. The van der Waals surface area contributed by atoms with Crippen LogP contribution in [0.5, 0.6) is 0 Å². The zero-order valence-electron chi connectivity index (χ0n) is 11.1. The smallest absolute Gasteiger partial charge is 0.323 e. The molecule has 2 heterocycles. The van der Waals surface area contributed by atoms with Crippen LogP contribution in [0.2, 0.25) is 0 Å². The van der Waals surface area contributed by atoms with E-state index in [0.29, 0.717) is 6.42 Å². The molecule has 0 saturated carbocycles. The van der Waals surface area contributed by atoms with Gasteiger partial charge in [-0.25, -0.2) is 14.8 Å². The van der Waals surface area contributed by atoms with Crippen LogP contribution in [0.4, 0.5) is 0 Å². The lowest BCUT2D eigenvalue weighted by molar-refractivity contribution is 0.702. The SMILES string of the molecule is CC(N)Cc1nccc(-c2ccc3[nH]c(=O)[nH]c3c2)n1. The largest absolute Gasteiger partial charge is 0.328 e. The summed E-state index contributed by atoms with van der Waals surface area (Å²) in [4.78, 5) is 25.4. The molecule has 20 heavy (non-hydrogen) atoms. The topological polar surface area (TPSA) is 100 Å². The quantitative estimate of drug-likeness (QED) is 0.665. The number of nitrogens with zero attached hydrogens (tertiary/aromatic N) is 2. The number of fused-ring (bicyclic) bond motifs is 1. The Balaban J connectivity index is 2.03. The highest BCUT2D eigenvalue weighted by Crippen LogP contribution is 2.20. The molecule has 0 amide bonds. The van der Waals surface area contributed by atoms with Gasteiger partial charge in [-0.15, -0.1) is 0 Å². The summed E-state index contributed by atoms with van der Waals surface area (Å²) in [5.74, 6) is 0.722. The van der Waals surface area contributed by atoms with Crippen molar-refractivity contribution in [3.8, 4) is 11.3 Å². The molecule has 1 unspecified atom stereocenters. The van der Waals surface area contributed by atoms with Gasteiger partial charge in [-0.2, -0.15) is 0 Å². The zero-order chi connectivity index (χ0) is 14.1. The molecule has 0 spiro atoms. The van der Waals surface area contributed by atoms with Gasteiger partial charge in [0.25, 0.3) is 0 Å². The predicted molar refractivity (Wildman–Crippen MR) is 77.3 cm³/mol. The molecule has 3 rings (SSSR count). The van der Waals surface area contributed by atoms with Crippen LogP contribution in [0, 0.1) is 0 Å². The first-order valence-corrected chi connectivity index (χ1v) is 6.42. The van der Waals surface area contributed by atoms with E-state index in [2.05, 4.69) is 19.9 Å². The summed E-state index contributed by atoms with van der Waals surface area (Å²) in [7, 11) is 0. The Hall–Kier alpha value is -2.47. The fourth-order valence-electron chi connectivity index (χ4n) is 2.14. The number of imidazole rings is 1. The highest BCUT2D eigenvalue weighted by atomic mass is 16.1. The number of rotatable bonds is 3. The van der Waals surface area contributed by atoms with Gasteiger partial charge in [0.15, 0.2) is 0 Å². The van der Waals surface area contributed by atoms with Crippen LogP contribution in [0.3, 0.4) is 0 Å². The van der Waals surface area contributed by atoms with E-state index >= 15 is 0 Å². The van der Waals surface area contributed by atoms with Crippen LogP contribution >= 0.6 is 0 Å². The first-order valence-electron chi connectivity index (χ1n) is 6.42. The van der Waals surface area contributed by atoms with E-state index in [-0.39, 0.29) is 11.7 Å². The first-order chi connectivity index (χ1) is 9.61. The maximum Gasteiger partial charge on any atom is 0.323 e. The first kappa shape index (κ1) is 12.6. The Bertz CT molecular complexity index is 802. The van der Waals surface area contributed by atoms with E-state index in [0.717, 1.165) is 28.1 Å². The third-order valence-corrected chi connectivity index (χ3v) is 3.02. The number of nitrogens with one attached hydrogen (secondary N) is 2. The van der Waals surface area contributed by atoms with Gasteiger partial charge in [0.2, 0.25) is 0 Å². The number of H-pyrrole nitrogens is 2. The minimum atomic E-state index is -0.211. The van der Waals surface area contributed by atoms with Crippen LogP contribution in [-0.2, 0) is 6.42 Å². The Morgan fingerprint density at radius 2 is 2.05 bits per heavy atom. The van der Waals surface area contributed by atoms with Gasteiger partial charge in [0.05, 0.1) is 16.7 Å². The maximum absolute atomic E-state index is 11.3. The second-order valence-electron chi connectivity index (χ2n) is 4.88. The highest BCUT2D eigenvalue weighted by molar-refractivity contribution is 5.80. The number of aromatic nitrogens is 4. The summed E-state index contributed by atoms with van der Waals surface area (Å²) in [5.41, 5.74) is 8.85. The van der Waals surface area contributed by atoms with Crippen molar-refractivity contribution < 1.29 is 0 Å². The summed E-state index contributed by atoms with van der Waals surface area (Å²) in [6, 6.07) is 7.54. The molecule has 3 aromatic rings. The average Bonchev–Trinajstić information content (AvgIpc) is 2.77. The van der Waals surface area contributed by atoms with Crippen molar-refractivity contribution in [2.24, 2.45) is 5.73 Å².